The SMILES string of the molecule is CCOc1cc(/C=N\NC(=O)[C@H]2[C@H]3CCCC[C@@]32C)ccc1O. The van der Waals surface area contributed by atoms with E-state index in [1.165, 1.54) is 12.8 Å². The van der Waals surface area contributed by atoms with Crippen molar-refractivity contribution in [3.05, 3.63) is 23.8 Å². The van der Waals surface area contributed by atoms with Crippen LogP contribution in [0.2, 0.25) is 0 Å². The molecule has 23 heavy (non-hydrogen) atoms. The van der Waals surface area contributed by atoms with Gasteiger partial charge in [0.05, 0.1) is 12.8 Å². The largest absolute Gasteiger partial charge is 0.504 e. The molecule has 0 heterocycles. The molecule has 0 radical (unpaired) electrons. The standard InChI is InChI=1S/C18H24N2O3/c1-3-23-15-10-12(7-8-14(15)21)11-19-20-17(22)16-13-6-4-5-9-18(13,16)2/h7-8,10-11,13,16,21H,3-6,9H2,1-2H3,(H,20,22)/b19-11-/t13-,16-,18+/m1/s1. The number of benzene rings is 1. The van der Waals surface area contributed by atoms with Gasteiger partial charge in [-0.25, -0.2) is 5.43 Å². The molecule has 1 amide bonds. The summed E-state index contributed by atoms with van der Waals surface area (Å²) in [5.41, 5.74) is 3.63. The molecule has 0 saturated heterocycles. The summed E-state index contributed by atoms with van der Waals surface area (Å²) >= 11 is 0. The Morgan fingerprint density at radius 3 is 3.04 bits per heavy atom. The molecule has 2 fully saturated rings. The van der Waals surface area contributed by atoms with Crippen molar-refractivity contribution in [3.63, 3.8) is 0 Å². The fraction of sp³-hybridized carbons (Fsp3) is 0.556. The van der Waals surface area contributed by atoms with Gasteiger partial charge in [-0.2, -0.15) is 5.10 Å². The summed E-state index contributed by atoms with van der Waals surface area (Å²) in [6, 6.07) is 4.99. The lowest BCUT2D eigenvalue weighted by Gasteiger charge is -2.15. The second kappa shape index (κ2) is 6.22. The topological polar surface area (TPSA) is 70.9 Å². The number of ether oxygens (including phenoxy) is 1. The molecule has 2 aliphatic carbocycles. The number of nitrogens with zero attached hydrogens (tertiary/aromatic N) is 1. The van der Waals surface area contributed by atoms with Crippen LogP contribution in [0.4, 0.5) is 0 Å². The van der Waals surface area contributed by atoms with Crippen LogP contribution < -0.4 is 10.2 Å². The van der Waals surface area contributed by atoms with E-state index in [0.29, 0.717) is 18.3 Å². The first-order chi connectivity index (χ1) is 11.1. The normalized spacial score (nSPS) is 29.1. The van der Waals surface area contributed by atoms with Crippen LogP contribution >= 0.6 is 0 Å². The highest BCUT2D eigenvalue weighted by atomic mass is 16.5. The minimum atomic E-state index is 0.0273. The molecule has 0 bridgehead atoms. The maximum atomic E-state index is 12.3. The molecule has 2 N–H and O–H groups in total. The Bertz CT molecular complexity index is 629. The lowest BCUT2D eigenvalue weighted by molar-refractivity contribution is -0.123. The zero-order valence-corrected chi connectivity index (χ0v) is 13.7. The molecule has 0 spiro atoms. The summed E-state index contributed by atoms with van der Waals surface area (Å²) in [4.78, 5) is 12.3. The number of hydrogen-bond donors (Lipinski definition) is 2. The lowest BCUT2D eigenvalue weighted by Crippen LogP contribution is -2.22. The number of aromatic hydroxyl groups is 1. The summed E-state index contributed by atoms with van der Waals surface area (Å²) in [5.74, 6) is 1.19. The summed E-state index contributed by atoms with van der Waals surface area (Å²) in [7, 11) is 0. The molecule has 5 nitrogen and oxygen atoms in total. The van der Waals surface area contributed by atoms with Gasteiger partial charge in [-0.1, -0.05) is 19.8 Å². The van der Waals surface area contributed by atoms with Crippen molar-refractivity contribution in [3.8, 4) is 11.5 Å². The second-order valence-electron chi connectivity index (χ2n) is 6.73. The number of amides is 1. The van der Waals surface area contributed by atoms with Crippen LogP contribution in [0.1, 0.15) is 45.1 Å². The highest BCUT2D eigenvalue weighted by molar-refractivity contribution is 5.86. The third-order valence-electron chi connectivity index (χ3n) is 5.29. The summed E-state index contributed by atoms with van der Waals surface area (Å²) in [6.45, 7) is 4.56. The Morgan fingerprint density at radius 1 is 1.52 bits per heavy atom. The van der Waals surface area contributed by atoms with E-state index in [9.17, 15) is 9.90 Å². The predicted molar refractivity (Wildman–Crippen MR) is 88.6 cm³/mol. The van der Waals surface area contributed by atoms with Crippen LogP contribution in [0, 0.1) is 17.3 Å². The molecule has 3 atom stereocenters. The highest BCUT2D eigenvalue weighted by Gasteiger charge is 2.64. The fourth-order valence-electron chi connectivity index (χ4n) is 3.97. The molecule has 0 unspecified atom stereocenters. The van der Waals surface area contributed by atoms with Crippen molar-refractivity contribution in [1.82, 2.24) is 5.43 Å². The van der Waals surface area contributed by atoms with Gasteiger partial charge in [0.15, 0.2) is 11.5 Å². The number of carbonyl (C=O) groups excluding carboxylic acids is 1. The van der Waals surface area contributed by atoms with Gasteiger partial charge in [0.1, 0.15) is 0 Å². The van der Waals surface area contributed by atoms with Crippen molar-refractivity contribution in [1.29, 1.82) is 0 Å². The zero-order valence-electron chi connectivity index (χ0n) is 13.7. The Kier molecular flexibility index (Phi) is 4.28. The Morgan fingerprint density at radius 2 is 2.35 bits per heavy atom. The maximum absolute atomic E-state index is 12.3. The van der Waals surface area contributed by atoms with Gasteiger partial charge in [0, 0.05) is 5.92 Å². The molecular formula is C18H24N2O3. The first kappa shape index (κ1) is 15.8. The van der Waals surface area contributed by atoms with Gasteiger partial charge in [-0.05, 0) is 54.9 Å². The van der Waals surface area contributed by atoms with E-state index in [1.807, 2.05) is 6.92 Å². The monoisotopic (exact) mass is 316 g/mol. The summed E-state index contributed by atoms with van der Waals surface area (Å²) in [6.07, 6.45) is 6.35. The first-order valence-electron chi connectivity index (χ1n) is 8.35. The number of fused-ring (bicyclic) bond motifs is 1. The Hall–Kier alpha value is -2.04. The number of hydrogen-bond acceptors (Lipinski definition) is 4. The third kappa shape index (κ3) is 3.05. The van der Waals surface area contributed by atoms with E-state index in [2.05, 4.69) is 17.5 Å². The van der Waals surface area contributed by atoms with Crippen molar-refractivity contribution in [2.24, 2.45) is 22.4 Å². The number of rotatable bonds is 5. The molecule has 5 heteroatoms. The van der Waals surface area contributed by atoms with Crippen molar-refractivity contribution >= 4 is 12.1 Å². The van der Waals surface area contributed by atoms with Gasteiger partial charge in [0.2, 0.25) is 5.91 Å². The van der Waals surface area contributed by atoms with Crippen LogP contribution in [0.3, 0.4) is 0 Å². The summed E-state index contributed by atoms with van der Waals surface area (Å²) < 4.78 is 5.33. The molecule has 124 valence electrons. The maximum Gasteiger partial charge on any atom is 0.244 e. The van der Waals surface area contributed by atoms with Crippen molar-refractivity contribution in [2.75, 3.05) is 6.61 Å². The number of phenols is 1. The van der Waals surface area contributed by atoms with E-state index in [0.717, 1.165) is 18.4 Å². The fourth-order valence-corrected chi connectivity index (χ4v) is 3.97. The van der Waals surface area contributed by atoms with Gasteiger partial charge in [0.25, 0.3) is 0 Å². The van der Waals surface area contributed by atoms with Crippen LogP contribution in [-0.2, 0) is 4.79 Å². The zero-order chi connectivity index (χ0) is 16.4. The van der Waals surface area contributed by atoms with Gasteiger partial charge in [-0.3, -0.25) is 4.79 Å². The van der Waals surface area contributed by atoms with Crippen molar-refractivity contribution in [2.45, 2.75) is 39.5 Å². The van der Waals surface area contributed by atoms with Gasteiger partial charge < -0.3 is 9.84 Å². The Balaban J connectivity index is 1.59. The number of hydrazone groups is 1. The highest BCUT2D eigenvalue weighted by Crippen LogP contribution is 2.66. The molecule has 1 aromatic rings. The second-order valence-corrected chi connectivity index (χ2v) is 6.73. The van der Waals surface area contributed by atoms with E-state index in [1.54, 1.807) is 24.4 Å². The van der Waals surface area contributed by atoms with E-state index < -0.39 is 0 Å². The van der Waals surface area contributed by atoms with Crippen LogP contribution in [-0.4, -0.2) is 23.8 Å². The van der Waals surface area contributed by atoms with Gasteiger partial charge in [-0.15, -0.1) is 0 Å². The minimum absolute atomic E-state index is 0.0273. The minimum Gasteiger partial charge on any atom is -0.504 e. The smallest absolute Gasteiger partial charge is 0.244 e. The van der Waals surface area contributed by atoms with Crippen LogP contribution in [0.25, 0.3) is 0 Å². The molecule has 2 saturated carbocycles. The van der Waals surface area contributed by atoms with E-state index >= 15 is 0 Å². The van der Waals surface area contributed by atoms with Crippen molar-refractivity contribution < 1.29 is 14.6 Å². The third-order valence-corrected chi connectivity index (χ3v) is 5.29. The molecular weight excluding hydrogens is 292 g/mol. The molecule has 1 aromatic carbocycles. The Labute approximate surface area is 136 Å². The lowest BCUT2D eigenvalue weighted by atomic mass is 9.90. The molecule has 3 rings (SSSR count). The summed E-state index contributed by atoms with van der Waals surface area (Å²) in [5, 5.41) is 13.7. The number of carbonyl (C=O) groups is 1. The average Bonchev–Trinajstić information content (AvgIpc) is 3.16. The van der Waals surface area contributed by atoms with E-state index in [4.69, 9.17) is 4.74 Å². The van der Waals surface area contributed by atoms with E-state index in [-0.39, 0.29) is 23.0 Å². The average molecular weight is 316 g/mol. The quantitative estimate of drug-likeness (QED) is 0.648. The predicted octanol–water partition coefficient (Wildman–Crippen LogP) is 3.07. The first-order valence-corrected chi connectivity index (χ1v) is 8.35. The van der Waals surface area contributed by atoms with Gasteiger partial charge >= 0.3 is 0 Å². The van der Waals surface area contributed by atoms with Crippen LogP contribution in [0.15, 0.2) is 23.3 Å². The number of nitrogens with one attached hydrogen (secondary N) is 1. The van der Waals surface area contributed by atoms with Crippen LogP contribution in [0.5, 0.6) is 11.5 Å². The molecule has 0 aromatic heterocycles. The molecule has 2 aliphatic rings. The number of phenolic OH excluding ortho intramolecular Hbond substituents is 1. The molecule has 0 aliphatic heterocycles.